The topological polar surface area (TPSA) is 73.5 Å². The summed E-state index contributed by atoms with van der Waals surface area (Å²) < 4.78 is 0. The summed E-state index contributed by atoms with van der Waals surface area (Å²) in [7, 11) is 1.50. The van der Waals surface area contributed by atoms with Crippen molar-refractivity contribution < 1.29 is 9.59 Å². The van der Waals surface area contributed by atoms with Crippen LogP contribution in [0, 0.1) is 5.92 Å². The quantitative estimate of drug-likeness (QED) is 0.682. The molecule has 6 heteroatoms. The maximum Gasteiger partial charge on any atom is 0.321 e. The summed E-state index contributed by atoms with van der Waals surface area (Å²) in [6.45, 7) is 9.16. The Morgan fingerprint density at radius 2 is 1.86 bits per heavy atom. The minimum Gasteiger partial charge on any atom is -0.341 e. The molecule has 2 atom stereocenters. The Morgan fingerprint density at radius 3 is 2.38 bits per heavy atom. The van der Waals surface area contributed by atoms with Crippen LogP contribution in [0.4, 0.5) is 4.79 Å². The van der Waals surface area contributed by atoms with Gasteiger partial charge in [0, 0.05) is 13.1 Å². The molecule has 6 nitrogen and oxygen atoms in total. The number of imide groups is 1. The van der Waals surface area contributed by atoms with E-state index in [1.165, 1.54) is 7.05 Å². The minimum atomic E-state index is -0.445. The standard InChI is InChI=1S/C15H30N4O2/c1-5-8-17-11(2)13-6-9-19(10-7-13)12(3)14(20)18-15(21)16-4/h11-13,17H,5-10H2,1-4H3,(H2,16,18,20,21). The van der Waals surface area contributed by atoms with Crippen LogP contribution in [-0.2, 0) is 4.79 Å². The maximum absolute atomic E-state index is 11.9. The lowest BCUT2D eigenvalue weighted by Crippen LogP contribution is -2.52. The van der Waals surface area contributed by atoms with Gasteiger partial charge in [-0.1, -0.05) is 6.92 Å². The lowest BCUT2D eigenvalue weighted by atomic mass is 9.89. The Labute approximate surface area is 128 Å². The zero-order valence-corrected chi connectivity index (χ0v) is 13.7. The van der Waals surface area contributed by atoms with Gasteiger partial charge in [-0.15, -0.1) is 0 Å². The molecule has 0 bridgehead atoms. The zero-order chi connectivity index (χ0) is 15.8. The van der Waals surface area contributed by atoms with Gasteiger partial charge >= 0.3 is 6.03 Å². The normalized spacial score (nSPS) is 19.8. The van der Waals surface area contributed by atoms with E-state index in [0.717, 1.165) is 38.9 Å². The van der Waals surface area contributed by atoms with Crippen LogP contribution in [0.1, 0.15) is 40.0 Å². The second-order valence-corrected chi connectivity index (χ2v) is 5.86. The molecule has 0 spiro atoms. The number of amides is 3. The third-order valence-electron chi connectivity index (χ3n) is 4.39. The molecule has 0 aromatic heterocycles. The van der Waals surface area contributed by atoms with Crippen LogP contribution < -0.4 is 16.0 Å². The number of urea groups is 1. The zero-order valence-electron chi connectivity index (χ0n) is 13.7. The van der Waals surface area contributed by atoms with E-state index in [2.05, 4.69) is 34.7 Å². The first-order valence-electron chi connectivity index (χ1n) is 7.99. The molecule has 3 N–H and O–H groups in total. The van der Waals surface area contributed by atoms with Crippen molar-refractivity contribution in [3.63, 3.8) is 0 Å². The molecule has 1 heterocycles. The Hall–Kier alpha value is -1.14. The van der Waals surface area contributed by atoms with Crippen molar-refractivity contribution in [2.75, 3.05) is 26.7 Å². The third-order valence-corrected chi connectivity index (χ3v) is 4.39. The van der Waals surface area contributed by atoms with E-state index in [1.807, 2.05) is 6.92 Å². The highest BCUT2D eigenvalue weighted by Crippen LogP contribution is 2.22. The molecular weight excluding hydrogens is 268 g/mol. The first kappa shape index (κ1) is 17.9. The number of nitrogens with one attached hydrogen (secondary N) is 3. The number of hydrogen-bond donors (Lipinski definition) is 3. The maximum atomic E-state index is 11.9. The summed E-state index contributed by atoms with van der Waals surface area (Å²) in [4.78, 5) is 25.3. The van der Waals surface area contributed by atoms with Crippen LogP contribution in [-0.4, -0.2) is 55.6 Å². The molecule has 2 unspecified atom stereocenters. The molecule has 0 radical (unpaired) electrons. The van der Waals surface area contributed by atoms with Crippen molar-refractivity contribution in [2.24, 2.45) is 5.92 Å². The van der Waals surface area contributed by atoms with E-state index < -0.39 is 6.03 Å². The first-order valence-corrected chi connectivity index (χ1v) is 7.99. The van der Waals surface area contributed by atoms with E-state index in [1.54, 1.807) is 0 Å². The number of piperidine rings is 1. The predicted octanol–water partition coefficient (Wildman–Crippen LogP) is 0.931. The molecule has 1 fully saturated rings. The molecule has 0 aromatic rings. The van der Waals surface area contributed by atoms with Gasteiger partial charge in [0.15, 0.2) is 0 Å². The Bertz CT molecular complexity index is 341. The Kier molecular flexibility index (Phi) is 7.67. The number of likely N-dealkylation sites (tertiary alicyclic amines) is 1. The molecule has 1 aliphatic rings. The predicted molar refractivity (Wildman–Crippen MR) is 84.1 cm³/mol. The molecular formula is C15H30N4O2. The molecule has 0 aromatic carbocycles. The van der Waals surface area contributed by atoms with Crippen LogP contribution >= 0.6 is 0 Å². The molecule has 1 aliphatic heterocycles. The minimum absolute atomic E-state index is 0.232. The summed E-state index contributed by atoms with van der Waals surface area (Å²) in [6.07, 6.45) is 3.34. The van der Waals surface area contributed by atoms with Crippen molar-refractivity contribution in [3.8, 4) is 0 Å². The largest absolute Gasteiger partial charge is 0.341 e. The van der Waals surface area contributed by atoms with E-state index >= 15 is 0 Å². The van der Waals surface area contributed by atoms with Crippen LogP contribution in [0.5, 0.6) is 0 Å². The lowest BCUT2D eigenvalue weighted by molar-refractivity contribution is -0.125. The average molecular weight is 298 g/mol. The third kappa shape index (κ3) is 5.63. The number of carbonyl (C=O) groups is 2. The van der Waals surface area contributed by atoms with Crippen LogP contribution in [0.25, 0.3) is 0 Å². The summed E-state index contributed by atoms with van der Waals surface area (Å²) in [6, 6.07) is -0.177. The molecule has 1 rings (SSSR count). The summed E-state index contributed by atoms with van der Waals surface area (Å²) >= 11 is 0. The first-order chi connectivity index (χ1) is 9.99. The van der Waals surface area contributed by atoms with Gasteiger partial charge < -0.3 is 10.6 Å². The van der Waals surface area contributed by atoms with E-state index in [9.17, 15) is 9.59 Å². The van der Waals surface area contributed by atoms with E-state index in [-0.39, 0.29) is 11.9 Å². The number of hydrogen-bond acceptors (Lipinski definition) is 4. The van der Waals surface area contributed by atoms with Crippen molar-refractivity contribution in [1.82, 2.24) is 20.9 Å². The lowest BCUT2D eigenvalue weighted by Gasteiger charge is -2.37. The van der Waals surface area contributed by atoms with E-state index in [4.69, 9.17) is 0 Å². The SMILES string of the molecule is CCCNC(C)C1CCN(C(C)C(=O)NC(=O)NC)CC1. The fraction of sp³-hybridized carbons (Fsp3) is 0.867. The highest BCUT2D eigenvalue weighted by Gasteiger charge is 2.29. The fourth-order valence-corrected chi connectivity index (χ4v) is 2.79. The number of carbonyl (C=O) groups excluding carboxylic acids is 2. The van der Waals surface area contributed by atoms with Crippen LogP contribution in [0.2, 0.25) is 0 Å². The van der Waals surface area contributed by atoms with E-state index in [0.29, 0.717) is 12.0 Å². The molecule has 3 amide bonds. The summed E-state index contributed by atoms with van der Waals surface area (Å²) in [5.74, 6) is 0.437. The van der Waals surface area contributed by atoms with Gasteiger partial charge in [-0.25, -0.2) is 4.79 Å². The monoisotopic (exact) mass is 298 g/mol. The molecule has 21 heavy (non-hydrogen) atoms. The van der Waals surface area contributed by atoms with Crippen molar-refractivity contribution >= 4 is 11.9 Å². The van der Waals surface area contributed by atoms with Crippen molar-refractivity contribution in [2.45, 2.75) is 52.1 Å². The average Bonchev–Trinajstić information content (AvgIpc) is 2.51. The van der Waals surface area contributed by atoms with Gasteiger partial charge in [0.1, 0.15) is 0 Å². The summed E-state index contributed by atoms with van der Waals surface area (Å²) in [5, 5.41) is 8.29. The van der Waals surface area contributed by atoms with Gasteiger partial charge in [0.05, 0.1) is 6.04 Å². The van der Waals surface area contributed by atoms with Crippen LogP contribution in [0.15, 0.2) is 0 Å². The fourth-order valence-electron chi connectivity index (χ4n) is 2.79. The highest BCUT2D eigenvalue weighted by atomic mass is 16.2. The van der Waals surface area contributed by atoms with Crippen molar-refractivity contribution in [1.29, 1.82) is 0 Å². The van der Waals surface area contributed by atoms with Crippen LogP contribution in [0.3, 0.4) is 0 Å². The van der Waals surface area contributed by atoms with Crippen molar-refractivity contribution in [3.05, 3.63) is 0 Å². The van der Waals surface area contributed by atoms with Gasteiger partial charge in [0.2, 0.25) is 5.91 Å². The Balaban J connectivity index is 2.37. The smallest absolute Gasteiger partial charge is 0.321 e. The van der Waals surface area contributed by atoms with Gasteiger partial charge in [-0.3, -0.25) is 15.0 Å². The highest BCUT2D eigenvalue weighted by molar-refractivity contribution is 5.96. The number of nitrogens with zero attached hydrogens (tertiary/aromatic N) is 1. The molecule has 1 saturated heterocycles. The van der Waals surface area contributed by atoms with Gasteiger partial charge in [-0.05, 0) is 58.7 Å². The second-order valence-electron chi connectivity index (χ2n) is 5.86. The molecule has 0 saturated carbocycles. The second kappa shape index (κ2) is 9.00. The molecule has 0 aliphatic carbocycles. The Morgan fingerprint density at radius 1 is 1.24 bits per heavy atom. The van der Waals surface area contributed by atoms with Gasteiger partial charge in [0.25, 0.3) is 0 Å². The summed E-state index contributed by atoms with van der Waals surface area (Å²) in [5.41, 5.74) is 0. The van der Waals surface area contributed by atoms with Gasteiger partial charge in [-0.2, -0.15) is 0 Å². The number of rotatable bonds is 6. The molecule has 122 valence electrons.